The predicted molar refractivity (Wildman–Crippen MR) is 129 cm³/mol. The van der Waals surface area contributed by atoms with Crippen LogP contribution in [0.1, 0.15) is 37.8 Å². The van der Waals surface area contributed by atoms with Crippen LogP contribution in [-0.4, -0.2) is 84.8 Å². The first-order chi connectivity index (χ1) is 16.7. The summed E-state index contributed by atoms with van der Waals surface area (Å²) < 4.78 is 10.9. The van der Waals surface area contributed by atoms with Crippen LogP contribution in [0, 0.1) is 5.41 Å². The molecule has 0 radical (unpaired) electrons. The van der Waals surface area contributed by atoms with Gasteiger partial charge in [0.15, 0.2) is 0 Å². The van der Waals surface area contributed by atoms with Gasteiger partial charge in [-0.25, -0.2) is 4.79 Å². The predicted octanol–water partition coefficient (Wildman–Crippen LogP) is 1.31. The number of methoxy groups -OCH3 is 1. The number of fused-ring (bicyclic) bond motifs is 1. The van der Waals surface area contributed by atoms with Gasteiger partial charge in [0.05, 0.1) is 26.3 Å². The van der Waals surface area contributed by atoms with Crippen LogP contribution in [0.5, 0.6) is 0 Å². The smallest absolute Gasteiger partial charge is 0.406 e. The van der Waals surface area contributed by atoms with Gasteiger partial charge in [0, 0.05) is 43.1 Å². The van der Waals surface area contributed by atoms with Crippen molar-refractivity contribution in [3.05, 3.63) is 41.5 Å². The first kappa shape index (κ1) is 24.1. The van der Waals surface area contributed by atoms with Crippen molar-refractivity contribution in [1.29, 1.82) is 0 Å². The second-order valence-corrected chi connectivity index (χ2v) is 10.4. The molecule has 3 heterocycles. The third-order valence-corrected chi connectivity index (χ3v) is 8.96. The average Bonchev–Trinajstić information content (AvgIpc) is 3.36. The molecule has 0 aromatic heterocycles. The summed E-state index contributed by atoms with van der Waals surface area (Å²) in [5.74, 6) is -0.476. The maximum atomic E-state index is 12.7. The second kappa shape index (κ2) is 8.21. The van der Waals surface area contributed by atoms with Gasteiger partial charge in [-0.1, -0.05) is 31.2 Å². The molecule has 1 aromatic carbocycles. The quantitative estimate of drug-likeness (QED) is 0.423. The monoisotopic (exact) mass is 485 g/mol. The molecule has 6 atom stereocenters. The molecule has 0 bridgehead atoms. The number of benzene rings is 1. The Hall–Kier alpha value is -2.62. The largest absolute Gasteiger partial charge is 0.458 e. The number of anilines is 1. The lowest BCUT2D eigenvalue weighted by molar-refractivity contribution is -0.217. The maximum absolute atomic E-state index is 12.7. The number of carbonyl (C=O) groups excluding carboxylic acids is 2. The van der Waals surface area contributed by atoms with E-state index < -0.39 is 40.6 Å². The van der Waals surface area contributed by atoms with Gasteiger partial charge in [-0.3, -0.25) is 9.69 Å². The Kier molecular flexibility index (Phi) is 5.65. The van der Waals surface area contributed by atoms with Gasteiger partial charge in [-0.2, -0.15) is 0 Å². The molecule has 9 heteroatoms. The molecule has 2 fully saturated rings. The Balaban J connectivity index is 1.79. The topological polar surface area (TPSA) is 112 Å². The molecule has 1 aromatic rings. The van der Waals surface area contributed by atoms with Crippen LogP contribution in [0.4, 0.5) is 10.5 Å². The van der Waals surface area contributed by atoms with Crippen molar-refractivity contribution < 1.29 is 29.3 Å². The average molecular weight is 486 g/mol. The highest BCUT2D eigenvalue weighted by Crippen LogP contribution is 2.66. The molecule has 1 unspecified atom stereocenters. The number of likely N-dealkylation sites (N-methyl/N-ethyl adjacent to an activating group) is 1. The SMILES string of the molecule is CC[C@]12C=CCN3CC[C@@]4(c5ccc(CO)cc5N(C)[C@H]4C(O)(CNC(=O)OC)[C@@H]1OC(C)=O)[C@@H]32. The van der Waals surface area contributed by atoms with Crippen molar-refractivity contribution in [2.24, 2.45) is 5.41 Å². The highest BCUT2D eigenvalue weighted by molar-refractivity contribution is 5.71. The van der Waals surface area contributed by atoms with E-state index in [1.54, 1.807) is 0 Å². The molecule has 5 rings (SSSR count). The van der Waals surface area contributed by atoms with Crippen LogP contribution in [0.3, 0.4) is 0 Å². The first-order valence-electron chi connectivity index (χ1n) is 12.3. The Morgan fingerprint density at radius 1 is 1.29 bits per heavy atom. The molecule has 1 saturated carbocycles. The maximum Gasteiger partial charge on any atom is 0.406 e. The molecule has 1 aliphatic carbocycles. The number of aliphatic hydroxyl groups is 2. The standard InChI is InChI=1S/C26H35N3O6/c1-5-24-9-6-11-29-12-10-25(20(24)29)18-8-7-17(14-30)13-19(18)28(3)21(25)26(33,15-27-23(32)34-4)22(24)35-16(2)31/h6-9,13,20-22,30,33H,5,10-12,14-15H2,1-4H3,(H,27,32)/t20-,21+,22+,24+,25+,26?/m0/s1. The summed E-state index contributed by atoms with van der Waals surface area (Å²) in [5.41, 5.74) is 0.1000. The number of alkyl carbamates (subject to hydrolysis) is 1. The molecule has 3 N–H and O–H groups in total. The van der Waals surface area contributed by atoms with E-state index >= 15 is 0 Å². The van der Waals surface area contributed by atoms with Gasteiger partial charge >= 0.3 is 12.1 Å². The molecular formula is C26H35N3O6. The zero-order valence-electron chi connectivity index (χ0n) is 20.8. The minimum Gasteiger partial charge on any atom is -0.458 e. The fraction of sp³-hybridized carbons (Fsp3) is 0.615. The third-order valence-electron chi connectivity index (χ3n) is 8.96. The summed E-state index contributed by atoms with van der Waals surface area (Å²) in [7, 11) is 3.22. The van der Waals surface area contributed by atoms with Crippen molar-refractivity contribution in [3.8, 4) is 0 Å². The van der Waals surface area contributed by atoms with E-state index in [0.29, 0.717) is 6.42 Å². The molecular weight excluding hydrogens is 450 g/mol. The van der Waals surface area contributed by atoms with Gasteiger partial charge in [-0.15, -0.1) is 0 Å². The fourth-order valence-corrected chi connectivity index (χ4v) is 7.97. The van der Waals surface area contributed by atoms with E-state index in [9.17, 15) is 19.8 Å². The van der Waals surface area contributed by atoms with Crippen molar-refractivity contribution in [1.82, 2.24) is 10.2 Å². The number of amides is 1. The lowest BCUT2D eigenvalue weighted by Gasteiger charge is -2.64. The van der Waals surface area contributed by atoms with Crippen molar-refractivity contribution in [2.45, 2.75) is 62.5 Å². The molecule has 1 spiro atoms. The van der Waals surface area contributed by atoms with E-state index in [1.807, 2.05) is 19.2 Å². The minimum absolute atomic E-state index is 0.0126. The number of hydrogen-bond donors (Lipinski definition) is 3. The first-order valence-corrected chi connectivity index (χ1v) is 12.3. The second-order valence-electron chi connectivity index (χ2n) is 10.4. The minimum atomic E-state index is -1.63. The van der Waals surface area contributed by atoms with Crippen LogP contribution < -0.4 is 10.2 Å². The summed E-state index contributed by atoms with van der Waals surface area (Å²) in [6.07, 6.45) is 4.14. The Morgan fingerprint density at radius 2 is 2.06 bits per heavy atom. The Labute approximate surface area is 205 Å². The van der Waals surface area contributed by atoms with Gasteiger partial charge in [0.25, 0.3) is 0 Å². The van der Waals surface area contributed by atoms with E-state index in [1.165, 1.54) is 14.0 Å². The number of ether oxygens (including phenoxy) is 2. The van der Waals surface area contributed by atoms with Crippen molar-refractivity contribution in [3.63, 3.8) is 0 Å². The molecule has 3 aliphatic heterocycles. The number of hydrogen-bond acceptors (Lipinski definition) is 8. The van der Waals surface area contributed by atoms with Crippen LogP contribution in [0.25, 0.3) is 0 Å². The zero-order chi connectivity index (χ0) is 25.2. The van der Waals surface area contributed by atoms with Gasteiger partial charge in [0.2, 0.25) is 0 Å². The zero-order valence-corrected chi connectivity index (χ0v) is 20.8. The van der Waals surface area contributed by atoms with Crippen LogP contribution >= 0.6 is 0 Å². The van der Waals surface area contributed by atoms with Gasteiger partial charge < -0.3 is 29.9 Å². The number of esters is 1. The van der Waals surface area contributed by atoms with E-state index in [0.717, 1.165) is 36.3 Å². The molecule has 1 saturated heterocycles. The number of nitrogens with zero attached hydrogens (tertiary/aromatic N) is 2. The van der Waals surface area contributed by atoms with Crippen molar-refractivity contribution >= 4 is 17.7 Å². The summed E-state index contributed by atoms with van der Waals surface area (Å²) in [6, 6.07) is 5.51. The van der Waals surface area contributed by atoms with Crippen LogP contribution in [0.2, 0.25) is 0 Å². The van der Waals surface area contributed by atoms with Gasteiger partial charge in [-0.05, 0) is 36.6 Å². The number of nitrogens with one attached hydrogen (secondary N) is 1. The number of rotatable bonds is 5. The van der Waals surface area contributed by atoms with E-state index in [4.69, 9.17) is 9.47 Å². The number of carbonyl (C=O) groups is 2. The van der Waals surface area contributed by atoms with Crippen molar-refractivity contribution in [2.75, 3.05) is 38.7 Å². The molecule has 190 valence electrons. The van der Waals surface area contributed by atoms with Crippen LogP contribution in [-0.2, 0) is 26.3 Å². The third kappa shape index (κ3) is 3.04. The fourth-order valence-electron chi connectivity index (χ4n) is 7.97. The highest BCUT2D eigenvalue weighted by Gasteiger charge is 2.77. The molecule has 1 amide bonds. The highest BCUT2D eigenvalue weighted by atomic mass is 16.6. The summed E-state index contributed by atoms with van der Waals surface area (Å²) in [5, 5.41) is 25.3. The van der Waals surface area contributed by atoms with Crippen LogP contribution in [0.15, 0.2) is 30.4 Å². The normalized spacial score (nSPS) is 36.9. The number of aliphatic hydroxyl groups excluding tert-OH is 1. The Morgan fingerprint density at radius 3 is 2.71 bits per heavy atom. The van der Waals surface area contributed by atoms with E-state index in [-0.39, 0.29) is 19.2 Å². The summed E-state index contributed by atoms with van der Waals surface area (Å²) >= 11 is 0. The summed E-state index contributed by atoms with van der Waals surface area (Å²) in [4.78, 5) is 29.1. The molecule has 4 aliphatic rings. The lowest BCUT2D eigenvalue weighted by Crippen LogP contribution is -2.81. The molecule has 9 nitrogen and oxygen atoms in total. The summed E-state index contributed by atoms with van der Waals surface area (Å²) in [6.45, 7) is 4.84. The molecule has 35 heavy (non-hydrogen) atoms. The van der Waals surface area contributed by atoms with Gasteiger partial charge in [0.1, 0.15) is 11.7 Å². The Bertz CT molecular complexity index is 1080. The van der Waals surface area contributed by atoms with E-state index in [2.05, 4.69) is 40.3 Å². The lowest BCUT2D eigenvalue weighted by atomic mass is 9.47.